The summed E-state index contributed by atoms with van der Waals surface area (Å²) in [4.78, 5) is 39.0. The third kappa shape index (κ3) is 3.59. The monoisotopic (exact) mass is 351 g/mol. The molecule has 2 aromatic rings. The van der Waals surface area contributed by atoms with Crippen molar-refractivity contribution in [3.05, 3.63) is 71.0 Å². The minimum absolute atomic E-state index is 0.0740. The number of halogens is 1. The average Bonchev–Trinajstić information content (AvgIpc) is 2.90. The van der Waals surface area contributed by atoms with Gasteiger partial charge in [0.25, 0.3) is 5.91 Å². The molecule has 3 amide bonds. The summed E-state index contributed by atoms with van der Waals surface area (Å²) in [5, 5.41) is 8.80. The van der Waals surface area contributed by atoms with Crippen LogP contribution in [0.2, 0.25) is 0 Å². The minimum atomic E-state index is -0.546. The fourth-order valence-corrected chi connectivity index (χ4v) is 2.64. The first-order valence-electron chi connectivity index (χ1n) is 7.85. The van der Waals surface area contributed by atoms with Crippen molar-refractivity contribution in [1.29, 1.82) is 5.26 Å². The van der Waals surface area contributed by atoms with E-state index in [9.17, 15) is 18.8 Å². The van der Waals surface area contributed by atoms with E-state index in [2.05, 4.69) is 0 Å². The number of amides is 3. The number of benzene rings is 2. The summed E-state index contributed by atoms with van der Waals surface area (Å²) in [6.07, 6.45) is 0. The van der Waals surface area contributed by atoms with E-state index in [0.29, 0.717) is 11.1 Å². The standard InChI is InChI=1S/C19H14FN3O3/c20-16-7-5-15(6-8-16)17(24)11-22-12-18(25)23(19(22)26)10-14-3-1-13(9-21)2-4-14/h1-8H,10-12H2. The molecule has 0 saturated carbocycles. The molecule has 1 saturated heterocycles. The maximum absolute atomic E-state index is 12.9. The minimum Gasteiger partial charge on any atom is -0.307 e. The Morgan fingerprint density at radius 2 is 1.73 bits per heavy atom. The highest BCUT2D eigenvalue weighted by atomic mass is 19.1. The van der Waals surface area contributed by atoms with Crippen LogP contribution in [0.1, 0.15) is 21.5 Å². The number of nitrogens with zero attached hydrogens (tertiary/aromatic N) is 3. The smallest absolute Gasteiger partial charge is 0.307 e. The zero-order valence-electron chi connectivity index (χ0n) is 13.7. The Hall–Kier alpha value is -3.53. The number of ketones is 1. The normalized spacial score (nSPS) is 13.8. The lowest BCUT2D eigenvalue weighted by molar-refractivity contribution is -0.125. The van der Waals surface area contributed by atoms with Crippen LogP contribution in [0.3, 0.4) is 0 Å². The van der Waals surface area contributed by atoms with Crippen LogP contribution in [0.5, 0.6) is 0 Å². The first-order valence-corrected chi connectivity index (χ1v) is 7.85. The molecule has 0 atom stereocenters. The Bertz CT molecular complexity index is 901. The molecule has 0 unspecified atom stereocenters. The van der Waals surface area contributed by atoms with Gasteiger partial charge in [0.2, 0.25) is 0 Å². The van der Waals surface area contributed by atoms with Crippen molar-refractivity contribution in [2.45, 2.75) is 6.54 Å². The molecule has 1 heterocycles. The maximum atomic E-state index is 12.9. The molecule has 0 bridgehead atoms. The number of carbonyl (C=O) groups excluding carboxylic acids is 3. The second-order valence-corrected chi connectivity index (χ2v) is 5.86. The highest BCUT2D eigenvalue weighted by Gasteiger charge is 2.36. The van der Waals surface area contributed by atoms with Gasteiger partial charge in [-0.2, -0.15) is 5.26 Å². The molecule has 1 aliphatic heterocycles. The predicted octanol–water partition coefficient (Wildman–Crippen LogP) is 2.34. The van der Waals surface area contributed by atoms with Gasteiger partial charge in [0, 0.05) is 5.56 Å². The Kier molecular flexibility index (Phi) is 4.76. The van der Waals surface area contributed by atoms with Gasteiger partial charge in [-0.15, -0.1) is 0 Å². The quantitative estimate of drug-likeness (QED) is 0.612. The fraction of sp³-hybridized carbons (Fsp3) is 0.158. The third-order valence-electron chi connectivity index (χ3n) is 4.05. The van der Waals surface area contributed by atoms with Crippen molar-refractivity contribution in [2.24, 2.45) is 0 Å². The number of nitriles is 1. The van der Waals surface area contributed by atoms with Crippen LogP contribution < -0.4 is 0 Å². The number of imide groups is 1. The van der Waals surface area contributed by atoms with Gasteiger partial charge < -0.3 is 4.90 Å². The van der Waals surface area contributed by atoms with Gasteiger partial charge in [-0.3, -0.25) is 14.5 Å². The van der Waals surface area contributed by atoms with E-state index in [-0.39, 0.29) is 31.0 Å². The van der Waals surface area contributed by atoms with Crippen molar-refractivity contribution in [2.75, 3.05) is 13.1 Å². The van der Waals surface area contributed by atoms with Gasteiger partial charge in [-0.05, 0) is 42.0 Å². The number of Topliss-reactive ketones (excluding diaryl/α,β-unsaturated/α-hetero) is 1. The lowest BCUT2D eigenvalue weighted by atomic mass is 10.1. The molecule has 0 N–H and O–H groups in total. The third-order valence-corrected chi connectivity index (χ3v) is 4.05. The Morgan fingerprint density at radius 3 is 2.35 bits per heavy atom. The van der Waals surface area contributed by atoms with Crippen LogP contribution in [0, 0.1) is 17.1 Å². The highest BCUT2D eigenvalue weighted by molar-refractivity contribution is 6.05. The van der Waals surface area contributed by atoms with Crippen LogP contribution in [0.25, 0.3) is 0 Å². The fourth-order valence-electron chi connectivity index (χ4n) is 2.64. The van der Waals surface area contributed by atoms with Crippen molar-refractivity contribution in [1.82, 2.24) is 9.80 Å². The van der Waals surface area contributed by atoms with Crippen molar-refractivity contribution in [3.63, 3.8) is 0 Å². The number of hydrogen-bond donors (Lipinski definition) is 0. The topological polar surface area (TPSA) is 81.5 Å². The van der Waals surface area contributed by atoms with Crippen molar-refractivity contribution in [3.8, 4) is 6.07 Å². The van der Waals surface area contributed by atoms with Gasteiger partial charge in [0.05, 0.1) is 24.7 Å². The molecule has 1 fully saturated rings. The number of carbonyl (C=O) groups is 3. The Morgan fingerprint density at radius 1 is 1.08 bits per heavy atom. The molecule has 130 valence electrons. The molecule has 6 nitrogen and oxygen atoms in total. The van der Waals surface area contributed by atoms with Crippen LogP contribution in [0.15, 0.2) is 48.5 Å². The molecule has 2 aromatic carbocycles. The average molecular weight is 351 g/mol. The number of urea groups is 1. The summed E-state index contributed by atoms with van der Waals surface area (Å²) in [5.74, 6) is -1.22. The molecule has 0 aliphatic carbocycles. The second-order valence-electron chi connectivity index (χ2n) is 5.86. The molecule has 0 radical (unpaired) electrons. The summed E-state index contributed by atoms with van der Waals surface area (Å²) in [6.45, 7) is -0.354. The van der Waals surface area contributed by atoms with E-state index in [4.69, 9.17) is 5.26 Å². The lowest BCUT2D eigenvalue weighted by Crippen LogP contribution is -2.35. The zero-order valence-corrected chi connectivity index (χ0v) is 13.7. The van der Waals surface area contributed by atoms with Crippen LogP contribution in [0.4, 0.5) is 9.18 Å². The van der Waals surface area contributed by atoms with E-state index in [1.807, 2.05) is 6.07 Å². The van der Waals surface area contributed by atoms with Gasteiger partial charge in [-0.25, -0.2) is 9.18 Å². The predicted molar refractivity (Wildman–Crippen MR) is 89.4 cm³/mol. The summed E-state index contributed by atoms with van der Waals surface area (Å²) < 4.78 is 12.9. The van der Waals surface area contributed by atoms with Crippen LogP contribution >= 0.6 is 0 Å². The second kappa shape index (κ2) is 7.15. The van der Waals surface area contributed by atoms with E-state index in [1.54, 1.807) is 24.3 Å². The maximum Gasteiger partial charge on any atom is 0.327 e. The van der Waals surface area contributed by atoms with Crippen molar-refractivity contribution < 1.29 is 18.8 Å². The molecular weight excluding hydrogens is 337 g/mol. The van der Waals surface area contributed by atoms with Gasteiger partial charge in [-0.1, -0.05) is 12.1 Å². The van der Waals surface area contributed by atoms with Gasteiger partial charge in [0.15, 0.2) is 5.78 Å². The van der Waals surface area contributed by atoms with Crippen LogP contribution in [-0.4, -0.2) is 40.6 Å². The molecule has 7 heteroatoms. The van der Waals surface area contributed by atoms with E-state index in [0.717, 1.165) is 9.80 Å². The first kappa shape index (κ1) is 17.3. The molecule has 0 spiro atoms. The zero-order chi connectivity index (χ0) is 18.7. The van der Waals surface area contributed by atoms with Gasteiger partial charge >= 0.3 is 6.03 Å². The summed E-state index contributed by atoms with van der Waals surface area (Å²) >= 11 is 0. The lowest BCUT2D eigenvalue weighted by Gasteiger charge is -2.16. The summed E-state index contributed by atoms with van der Waals surface area (Å²) in [6, 6.07) is 13.0. The Balaban J connectivity index is 1.67. The highest BCUT2D eigenvalue weighted by Crippen LogP contribution is 2.16. The van der Waals surface area contributed by atoms with E-state index in [1.165, 1.54) is 24.3 Å². The van der Waals surface area contributed by atoms with E-state index < -0.39 is 17.8 Å². The van der Waals surface area contributed by atoms with Gasteiger partial charge in [0.1, 0.15) is 12.4 Å². The number of rotatable bonds is 5. The molecule has 0 aromatic heterocycles. The SMILES string of the molecule is N#Cc1ccc(CN2C(=O)CN(CC(=O)c3ccc(F)cc3)C2=O)cc1. The summed E-state index contributed by atoms with van der Waals surface area (Å²) in [7, 11) is 0. The Labute approximate surface area is 149 Å². The summed E-state index contributed by atoms with van der Waals surface area (Å²) in [5.41, 5.74) is 1.47. The van der Waals surface area contributed by atoms with E-state index >= 15 is 0 Å². The first-order chi connectivity index (χ1) is 12.5. The van der Waals surface area contributed by atoms with Crippen LogP contribution in [-0.2, 0) is 11.3 Å². The molecule has 1 aliphatic rings. The number of hydrogen-bond acceptors (Lipinski definition) is 4. The largest absolute Gasteiger partial charge is 0.327 e. The molecule has 26 heavy (non-hydrogen) atoms. The molecular formula is C19H14FN3O3. The van der Waals surface area contributed by atoms with Crippen molar-refractivity contribution >= 4 is 17.7 Å². The molecule has 3 rings (SSSR count).